The Bertz CT molecular complexity index is 1200. The van der Waals surface area contributed by atoms with Crippen LogP contribution in [0.4, 0.5) is 10.5 Å². The van der Waals surface area contributed by atoms with E-state index in [-0.39, 0.29) is 30.3 Å². The van der Waals surface area contributed by atoms with Crippen molar-refractivity contribution in [2.24, 2.45) is 0 Å². The first-order valence-electron chi connectivity index (χ1n) is 11.3. The van der Waals surface area contributed by atoms with Gasteiger partial charge in [-0.3, -0.25) is 19.7 Å². The van der Waals surface area contributed by atoms with Gasteiger partial charge in [0, 0.05) is 25.7 Å². The molecule has 0 aromatic heterocycles. The molecule has 190 valence electrons. The molecule has 1 unspecified atom stereocenters. The van der Waals surface area contributed by atoms with Crippen molar-refractivity contribution in [2.75, 3.05) is 33.9 Å². The standard InChI is InChI=1S/C24H26N4O8/c1-35-19-11-16(17(28(33)34)12-18(19)29)21(30)26-13-24(14-26)9-6-10-27(24)22(31)20(25-23(32)36-2)15-7-4-3-5-8-15/h3-5,7-8,11-12,20,29H,6,9-10,13-14H2,1-2H3,(H,25,32). The molecular formula is C24H26N4O8. The van der Waals surface area contributed by atoms with Crippen molar-refractivity contribution in [1.29, 1.82) is 0 Å². The minimum absolute atomic E-state index is 0.0588. The number of ether oxygens (including phenoxy) is 2. The van der Waals surface area contributed by atoms with Gasteiger partial charge in [0.15, 0.2) is 11.5 Å². The van der Waals surface area contributed by atoms with Crippen molar-refractivity contribution >= 4 is 23.6 Å². The third kappa shape index (κ3) is 4.37. The third-order valence-electron chi connectivity index (χ3n) is 6.67. The summed E-state index contributed by atoms with van der Waals surface area (Å²) in [4.78, 5) is 52.7. The second-order valence-corrected chi connectivity index (χ2v) is 8.76. The summed E-state index contributed by atoms with van der Waals surface area (Å²) in [5.74, 6) is -1.43. The zero-order chi connectivity index (χ0) is 26.0. The van der Waals surface area contributed by atoms with Crippen LogP contribution in [-0.4, -0.2) is 77.1 Å². The van der Waals surface area contributed by atoms with E-state index in [2.05, 4.69) is 5.32 Å². The number of amides is 3. The van der Waals surface area contributed by atoms with E-state index in [1.165, 1.54) is 19.1 Å². The summed E-state index contributed by atoms with van der Waals surface area (Å²) >= 11 is 0. The number of phenolic OH excluding ortho intramolecular Hbond substituents is 1. The molecule has 12 nitrogen and oxygen atoms in total. The average Bonchev–Trinajstić information content (AvgIpc) is 3.31. The molecule has 2 fully saturated rings. The zero-order valence-electron chi connectivity index (χ0n) is 19.8. The van der Waals surface area contributed by atoms with Crippen LogP contribution in [0.2, 0.25) is 0 Å². The normalized spacial score (nSPS) is 16.7. The highest BCUT2D eigenvalue weighted by atomic mass is 16.6. The van der Waals surface area contributed by atoms with E-state index < -0.39 is 39.9 Å². The number of nitro groups is 1. The highest BCUT2D eigenvalue weighted by Crippen LogP contribution is 2.41. The lowest BCUT2D eigenvalue weighted by Crippen LogP contribution is -2.70. The molecule has 2 N–H and O–H groups in total. The van der Waals surface area contributed by atoms with E-state index in [1.54, 1.807) is 35.2 Å². The van der Waals surface area contributed by atoms with Gasteiger partial charge in [-0.1, -0.05) is 30.3 Å². The maximum atomic E-state index is 13.6. The Labute approximate surface area is 206 Å². The van der Waals surface area contributed by atoms with Gasteiger partial charge in [-0.15, -0.1) is 0 Å². The topological polar surface area (TPSA) is 152 Å². The third-order valence-corrected chi connectivity index (χ3v) is 6.67. The average molecular weight is 498 g/mol. The van der Waals surface area contributed by atoms with E-state index in [9.17, 15) is 29.6 Å². The van der Waals surface area contributed by atoms with Crippen LogP contribution in [0, 0.1) is 10.1 Å². The van der Waals surface area contributed by atoms with E-state index in [0.717, 1.165) is 12.1 Å². The summed E-state index contributed by atoms with van der Waals surface area (Å²) in [6, 6.07) is 9.84. The van der Waals surface area contributed by atoms with Gasteiger partial charge in [-0.05, 0) is 18.4 Å². The SMILES string of the molecule is COC(=O)NC(C(=O)N1CCCC12CN(C(=O)c1cc(OC)c(O)cc1[N+](=O)[O-])C2)c1ccccc1. The van der Waals surface area contributed by atoms with Crippen LogP contribution in [0.15, 0.2) is 42.5 Å². The summed E-state index contributed by atoms with van der Waals surface area (Å²) in [5.41, 5.74) is -0.804. The monoisotopic (exact) mass is 498 g/mol. The molecule has 0 radical (unpaired) electrons. The Hall–Kier alpha value is -4.35. The van der Waals surface area contributed by atoms with Crippen molar-refractivity contribution in [3.63, 3.8) is 0 Å². The fourth-order valence-corrected chi connectivity index (χ4v) is 4.90. The first-order valence-corrected chi connectivity index (χ1v) is 11.3. The Morgan fingerprint density at radius 2 is 1.86 bits per heavy atom. The van der Waals surface area contributed by atoms with Gasteiger partial charge in [-0.25, -0.2) is 4.79 Å². The van der Waals surface area contributed by atoms with Crippen molar-refractivity contribution < 1.29 is 33.9 Å². The Morgan fingerprint density at radius 3 is 2.47 bits per heavy atom. The molecule has 2 aliphatic heterocycles. The molecule has 2 heterocycles. The molecule has 0 aliphatic carbocycles. The number of nitro benzene ring substituents is 1. The number of carbonyl (C=O) groups excluding carboxylic acids is 3. The van der Waals surface area contributed by atoms with Crippen LogP contribution in [0.1, 0.15) is 34.8 Å². The molecule has 4 rings (SSSR count). The van der Waals surface area contributed by atoms with Crippen LogP contribution in [0.3, 0.4) is 0 Å². The zero-order valence-corrected chi connectivity index (χ0v) is 19.8. The van der Waals surface area contributed by atoms with Crippen LogP contribution in [0.25, 0.3) is 0 Å². The largest absolute Gasteiger partial charge is 0.504 e. The fourth-order valence-electron chi connectivity index (χ4n) is 4.90. The second kappa shape index (κ2) is 9.72. The maximum absolute atomic E-state index is 13.6. The molecule has 0 saturated carbocycles. The van der Waals surface area contributed by atoms with Crippen molar-refractivity contribution in [2.45, 2.75) is 24.4 Å². The van der Waals surface area contributed by atoms with Gasteiger partial charge >= 0.3 is 6.09 Å². The molecule has 3 amide bonds. The molecule has 1 atom stereocenters. The summed E-state index contributed by atoms with van der Waals surface area (Å²) < 4.78 is 9.72. The van der Waals surface area contributed by atoms with Gasteiger partial charge in [0.05, 0.1) is 30.7 Å². The predicted octanol–water partition coefficient (Wildman–Crippen LogP) is 2.22. The number of phenols is 1. The molecule has 2 aromatic carbocycles. The first-order chi connectivity index (χ1) is 17.2. The number of nitrogens with zero attached hydrogens (tertiary/aromatic N) is 3. The van der Waals surface area contributed by atoms with E-state index in [0.29, 0.717) is 24.9 Å². The molecule has 2 aliphatic rings. The lowest BCUT2D eigenvalue weighted by Gasteiger charge is -2.53. The minimum atomic E-state index is -0.971. The number of likely N-dealkylation sites (tertiary alicyclic amines) is 2. The maximum Gasteiger partial charge on any atom is 0.407 e. The molecule has 36 heavy (non-hydrogen) atoms. The summed E-state index contributed by atoms with van der Waals surface area (Å²) in [6.07, 6.45) is 0.605. The Kier molecular flexibility index (Phi) is 6.69. The van der Waals surface area contributed by atoms with Gasteiger partial charge in [0.1, 0.15) is 11.6 Å². The molecule has 0 bridgehead atoms. The van der Waals surface area contributed by atoms with E-state index in [1.807, 2.05) is 0 Å². The number of methoxy groups -OCH3 is 2. The summed E-state index contributed by atoms with van der Waals surface area (Å²) in [7, 11) is 2.49. The Balaban J connectivity index is 1.56. The highest BCUT2D eigenvalue weighted by Gasteiger charge is 2.55. The van der Waals surface area contributed by atoms with Crippen LogP contribution in [-0.2, 0) is 9.53 Å². The van der Waals surface area contributed by atoms with Crippen molar-refractivity contribution in [1.82, 2.24) is 15.1 Å². The van der Waals surface area contributed by atoms with Gasteiger partial charge in [-0.2, -0.15) is 0 Å². The summed E-state index contributed by atoms with van der Waals surface area (Å²) in [5, 5.41) is 24.0. The lowest BCUT2D eigenvalue weighted by molar-refractivity contribution is -0.385. The first kappa shape index (κ1) is 24.8. The number of hydrogen-bond acceptors (Lipinski definition) is 8. The number of benzene rings is 2. The minimum Gasteiger partial charge on any atom is -0.504 e. The smallest absolute Gasteiger partial charge is 0.407 e. The number of alkyl carbamates (subject to hydrolysis) is 1. The number of aromatic hydroxyl groups is 1. The summed E-state index contributed by atoms with van der Waals surface area (Å²) in [6.45, 7) is 0.801. The molecule has 12 heteroatoms. The molecule has 1 spiro atoms. The number of nitrogens with one attached hydrogen (secondary N) is 1. The van der Waals surface area contributed by atoms with Gasteiger partial charge < -0.3 is 29.7 Å². The van der Waals surface area contributed by atoms with Gasteiger partial charge in [0.2, 0.25) is 0 Å². The number of hydrogen-bond donors (Lipinski definition) is 2. The van der Waals surface area contributed by atoms with Crippen molar-refractivity contribution in [3.8, 4) is 11.5 Å². The van der Waals surface area contributed by atoms with Gasteiger partial charge in [0.25, 0.3) is 17.5 Å². The number of rotatable bonds is 6. The van der Waals surface area contributed by atoms with Crippen LogP contribution >= 0.6 is 0 Å². The number of carbonyl (C=O) groups is 3. The molecule has 2 aromatic rings. The lowest BCUT2D eigenvalue weighted by atomic mass is 9.85. The fraction of sp³-hybridized carbons (Fsp3) is 0.375. The molecule has 2 saturated heterocycles. The second-order valence-electron chi connectivity index (χ2n) is 8.76. The van der Waals surface area contributed by atoms with Crippen LogP contribution < -0.4 is 10.1 Å². The molecular weight excluding hydrogens is 472 g/mol. The predicted molar refractivity (Wildman–Crippen MR) is 126 cm³/mol. The quantitative estimate of drug-likeness (QED) is 0.454. The van der Waals surface area contributed by atoms with Crippen LogP contribution in [0.5, 0.6) is 11.5 Å². The Morgan fingerprint density at radius 1 is 1.17 bits per heavy atom. The van der Waals surface area contributed by atoms with E-state index >= 15 is 0 Å². The highest BCUT2D eigenvalue weighted by molar-refractivity contribution is 6.00. The van der Waals surface area contributed by atoms with E-state index in [4.69, 9.17) is 9.47 Å². The van der Waals surface area contributed by atoms with Crippen molar-refractivity contribution in [3.05, 3.63) is 63.7 Å².